The van der Waals surface area contributed by atoms with E-state index >= 15 is 0 Å². The molecule has 1 aromatic carbocycles. The molecule has 23 heavy (non-hydrogen) atoms. The SMILES string of the molecule is O=C(O)C1CC(NC(=O)C2CCN(c3ccccc3Br)C2=O)C1. The van der Waals surface area contributed by atoms with E-state index in [9.17, 15) is 14.4 Å². The van der Waals surface area contributed by atoms with Crippen molar-refractivity contribution in [2.45, 2.75) is 25.3 Å². The van der Waals surface area contributed by atoms with Crippen LogP contribution in [0.15, 0.2) is 28.7 Å². The number of carbonyl (C=O) groups is 3. The zero-order valence-corrected chi connectivity index (χ0v) is 14.0. The van der Waals surface area contributed by atoms with Crippen molar-refractivity contribution < 1.29 is 19.5 Å². The van der Waals surface area contributed by atoms with Gasteiger partial charge in [-0.2, -0.15) is 0 Å². The lowest BCUT2D eigenvalue weighted by molar-refractivity contribution is -0.146. The van der Waals surface area contributed by atoms with E-state index in [2.05, 4.69) is 21.2 Å². The second-order valence-electron chi connectivity index (χ2n) is 5.99. The highest BCUT2D eigenvalue weighted by atomic mass is 79.9. The Bertz CT molecular complexity index is 657. The summed E-state index contributed by atoms with van der Waals surface area (Å²) >= 11 is 3.42. The molecule has 2 amide bonds. The zero-order chi connectivity index (χ0) is 16.6. The molecule has 0 bridgehead atoms. The molecule has 1 saturated carbocycles. The minimum absolute atomic E-state index is 0.131. The van der Waals surface area contributed by atoms with Crippen LogP contribution in [0.25, 0.3) is 0 Å². The van der Waals surface area contributed by atoms with E-state index in [0.717, 1.165) is 10.2 Å². The van der Waals surface area contributed by atoms with Gasteiger partial charge in [-0.05, 0) is 47.3 Å². The number of hydrogen-bond donors (Lipinski definition) is 2. The van der Waals surface area contributed by atoms with Crippen molar-refractivity contribution in [1.82, 2.24) is 5.32 Å². The summed E-state index contributed by atoms with van der Waals surface area (Å²) in [5, 5.41) is 11.6. The van der Waals surface area contributed by atoms with E-state index in [1.54, 1.807) is 4.90 Å². The number of carbonyl (C=O) groups excluding carboxylic acids is 2. The third kappa shape index (κ3) is 3.10. The van der Waals surface area contributed by atoms with Crippen LogP contribution in [0.5, 0.6) is 0 Å². The van der Waals surface area contributed by atoms with E-state index < -0.39 is 11.9 Å². The molecule has 2 fully saturated rings. The smallest absolute Gasteiger partial charge is 0.306 e. The van der Waals surface area contributed by atoms with Crippen LogP contribution in [-0.2, 0) is 14.4 Å². The predicted molar refractivity (Wildman–Crippen MR) is 86.9 cm³/mol. The van der Waals surface area contributed by atoms with E-state index in [4.69, 9.17) is 5.11 Å². The minimum atomic E-state index is -0.826. The number of amides is 2. The Morgan fingerprint density at radius 3 is 2.61 bits per heavy atom. The van der Waals surface area contributed by atoms with Crippen molar-refractivity contribution in [1.29, 1.82) is 0 Å². The largest absolute Gasteiger partial charge is 0.481 e. The molecule has 3 rings (SSSR count). The molecule has 2 aliphatic rings. The summed E-state index contributed by atoms with van der Waals surface area (Å²) in [6.07, 6.45) is 1.35. The average Bonchev–Trinajstić information content (AvgIpc) is 2.84. The van der Waals surface area contributed by atoms with Gasteiger partial charge >= 0.3 is 5.97 Å². The first-order chi connectivity index (χ1) is 11.0. The summed E-state index contributed by atoms with van der Waals surface area (Å²) < 4.78 is 0.817. The Hall–Kier alpha value is -1.89. The summed E-state index contributed by atoms with van der Waals surface area (Å²) in [5.74, 6) is -2.39. The Labute approximate surface area is 142 Å². The number of benzene rings is 1. The Morgan fingerprint density at radius 1 is 1.26 bits per heavy atom. The lowest BCUT2D eigenvalue weighted by atomic mass is 9.80. The lowest BCUT2D eigenvalue weighted by Crippen LogP contribution is -2.49. The number of halogens is 1. The van der Waals surface area contributed by atoms with E-state index in [1.165, 1.54) is 0 Å². The van der Waals surface area contributed by atoms with Gasteiger partial charge in [-0.1, -0.05) is 12.1 Å². The number of aliphatic carboxylic acids is 1. The Kier molecular flexibility index (Phi) is 4.39. The number of para-hydroxylation sites is 1. The highest BCUT2D eigenvalue weighted by molar-refractivity contribution is 9.10. The zero-order valence-electron chi connectivity index (χ0n) is 12.4. The first-order valence-corrected chi connectivity index (χ1v) is 8.35. The molecule has 1 atom stereocenters. The van der Waals surface area contributed by atoms with Crippen LogP contribution in [0.1, 0.15) is 19.3 Å². The Morgan fingerprint density at radius 2 is 1.96 bits per heavy atom. The normalized spacial score (nSPS) is 26.7. The molecular weight excluding hydrogens is 364 g/mol. The Balaban J connectivity index is 1.60. The first-order valence-electron chi connectivity index (χ1n) is 7.56. The molecular formula is C16H17BrN2O4. The predicted octanol–water partition coefficient (Wildman–Crippen LogP) is 1.78. The monoisotopic (exact) mass is 380 g/mol. The third-order valence-corrected chi connectivity index (χ3v) is 5.17. The summed E-state index contributed by atoms with van der Waals surface area (Å²) in [6, 6.07) is 7.28. The van der Waals surface area contributed by atoms with Gasteiger partial charge in [0, 0.05) is 17.1 Å². The average molecular weight is 381 g/mol. The summed E-state index contributed by atoms with van der Waals surface area (Å²) in [5.41, 5.74) is 0.766. The molecule has 1 aliphatic carbocycles. The standard InChI is InChI=1S/C16H17BrN2O4/c17-12-3-1-2-4-13(12)19-6-5-11(15(19)21)14(20)18-10-7-9(8-10)16(22)23/h1-4,9-11H,5-8H2,(H,18,20)(H,22,23). The molecule has 1 aromatic rings. The molecule has 7 heteroatoms. The van der Waals surface area contributed by atoms with Crippen LogP contribution in [0.4, 0.5) is 5.69 Å². The highest BCUT2D eigenvalue weighted by Crippen LogP contribution is 2.32. The van der Waals surface area contributed by atoms with Crippen LogP contribution in [0, 0.1) is 11.8 Å². The molecule has 1 aliphatic heterocycles. The summed E-state index contributed by atoms with van der Waals surface area (Å²) in [6.45, 7) is 0.502. The van der Waals surface area contributed by atoms with Gasteiger partial charge in [0.2, 0.25) is 11.8 Å². The maximum Gasteiger partial charge on any atom is 0.306 e. The molecule has 1 unspecified atom stereocenters. The maximum atomic E-state index is 12.5. The van der Waals surface area contributed by atoms with Gasteiger partial charge in [0.25, 0.3) is 0 Å². The fraction of sp³-hybridized carbons (Fsp3) is 0.438. The number of rotatable bonds is 4. The third-order valence-electron chi connectivity index (χ3n) is 4.50. The van der Waals surface area contributed by atoms with Crippen LogP contribution in [0.3, 0.4) is 0 Å². The fourth-order valence-electron chi connectivity index (χ4n) is 3.07. The first kappa shape index (κ1) is 16.0. The summed E-state index contributed by atoms with van der Waals surface area (Å²) in [7, 11) is 0. The number of nitrogens with one attached hydrogen (secondary N) is 1. The number of anilines is 1. The van der Waals surface area contributed by atoms with Crippen molar-refractivity contribution in [3.8, 4) is 0 Å². The van der Waals surface area contributed by atoms with Gasteiger partial charge < -0.3 is 15.3 Å². The van der Waals surface area contributed by atoms with Crippen LogP contribution in [-0.4, -0.2) is 35.5 Å². The topological polar surface area (TPSA) is 86.7 Å². The van der Waals surface area contributed by atoms with Gasteiger partial charge in [-0.15, -0.1) is 0 Å². The maximum absolute atomic E-state index is 12.5. The lowest BCUT2D eigenvalue weighted by Gasteiger charge is -2.33. The fourth-order valence-corrected chi connectivity index (χ4v) is 3.57. The minimum Gasteiger partial charge on any atom is -0.481 e. The molecule has 0 aromatic heterocycles. The number of carboxylic acids is 1. The molecule has 0 spiro atoms. The second kappa shape index (κ2) is 6.31. The molecule has 122 valence electrons. The number of hydrogen-bond acceptors (Lipinski definition) is 3. The molecule has 1 heterocycles. The number of carboxylic acid groups (broad SMARTS) is 1. The van der Waals surface area contributed by atoms with Gasteiger partial charge in [0.05, 0.1) is 11.6 Å². The molecule has 1 saturated heterocycles. The van der Waals surface area contributed by atoms with Crippen LogP contribution < -0.4 is 10.2 Å². The van der Waals surface area contributed by atoms with Gasteiger partial charge in [0.15, 0.2) is 0 Å². The van der Waals surface area contributed by atoms with Crippen LogP contribution in [0.2, 0.25) is 0 Å². The highest BCUT2D eigenvalue weighted by Gasteiger charge is 2.41. The van der Waals surface area contributed by atoms with Crippen molar-refractivity contribution >= 4 is 39.4 Å². The molecule has 6 nitrogen and oxygen atoms in total. The van der Waals surface area contributed by atoms with Gasteiger partial charge in [0.1, 0.15) is 5.92 Å². The number of nitrogens with zero attached hydrogens (tertiary/aromatic N) is 1. The van der Waals surface area contributed by atoms with Gasteiger partial charge in [-0.25, -0.2) is 0 Å². The van der Waals surface area contributed by atoms with E-state index in [0.29, 0.717) is 25.8 Å². The van der Waals surface area contributed by atoms with Crippen molar-refractivity contribution in [3.63, 3.8) is 0 Å². The van der Waals surface area contributed by atoms with Crippen molar-refractivity contribution in [3.05, 3.63) is 28.7 Å². The van der Waals surface area contributed by atoms with Crippen molar-refractivity contribution in [2.24, 2.45) is 11.8 Å². The van der Waals surface area contributed by atoms with Gasteiger partial charge in [-0.3, -0.25) is 14.4 Å². The van der Waals surface area contributed by atoms with Crippen LogP contribution >= 0.6 is 15.9 Å². The van der Waals surface area contributed by atoms with Crippen molar-refractivity contribution in [2.75, 3.05) is 11.4 Å². The van der Waals surface area contributed by atoms with E-state index in [1.807, 2.05) is 24.3 Å². The molecule has 2 N–H and O–H groups in total. The summed E-state index contributed by atoms with van der Waals surface area (Å²) in [4.78, 5) is 37.2. The quantitative estimate of drug-likeness (QED) is 0.779. The van der Waals surface area contributed by atoms with E-state index in [-0.39, 0.29) is 23.8 Å². The molecule has 0 radical (unpaired) electrons. The second-order valence-corrected chi connectivity index (χ2v) is 6.85.